The van der Waals surface area contributed by atoms with E-state index in [9.17, 15) is 0 Å². The molecule has 1 aliphatic heterocycles. The van der Waals surface area contributed by atoms with Gasteiger partial charge < -0.3 is 14.7 Å². The van der Waals surface area contributed by atoms with Gasteiger partial charge in [0.15, 0.2) is 0 Å². The number of para-hydroxylation sites is 3. The fourth-order valence-electron chi connectivity index (χ4n) is 10.9. The van der Waals surface area contributed by atoms with Crippen LogP contribution in [0.25, 0.3) is 27.6 Å². The Balaban J connectivity index is 1.12. The Kier molecular flexibility index (Phi) is 12.8. The van der Waals surface area contributed by atoms with Gasteiger partial charge >= 0.3 is 0 Å². The lowest BCUT2D eigenvalue weighted by molar-refractivity contribution is 0.557. The van der Waals surface area contributed by atoms with Gasteiger partial charge in [-0.25, -0.2) is 4.98 Å². The molecule has 0 atom stereocenters. The van der Waals surface area contributed by atoms with Gasteiger partial charge in [-0.1, -0.05) is 190 Å². The minimum atomic E-state index is -0.309. The molecule has 0 fully saturated rings. The maximum Gasteiger partial charge on any atom is 0.137 e. The minimum Gasteiger partial charge on any atom is -0.321 e. The molecule has 5 heteroatoms. The van der Waals surface area contributed by atoms with Gasteiger partial charge in [0, 0.05) is 50.8 Å². The molecule has 0 bridgehead atoms. The molecular weight excluding hydrogens is 923 g/mol. The highest BCUT2D eigenvalue weighted by Gasteiger charge is 2.33. The molecule has 0 radical (unpaired) electrons. The van der Waals surface area contributed by atoms with Crippen LogP contribution in [0.4, 0.5) is 39.8 Å². The summed E-state index contributed by atoms with van der Waals surface area (Å²) < 4.78 is 2.40. The Bertz CT molecular complexity index is 3570. The van der Waals surface area contributed by atoms with Crippen LogP contribution in [-0.2, 0) is 32.5 Å². The summed E-state index contributed by atoms with van der Waals surface area (Å²) in [6.07, 6.45) is 2.01. The van der Waals surface area contributed by atoms with Crippen molar-refractivity contribution in [1.82, 2.24) is 9.55 Å². The number of pyridine rings is 1. The predicted octanol–water partition coefficient (Wildman–Crippen LogP) is 19.7. The average Bonchev–Trinajstić information content (AvgIpc) is 3.96. The summed E-state index contributed by atoms with van der Waals surface area (Å²) >= 11 is 0. The van der Waals surface area contributed by atoms with Crippen molar-refractivity contribution in [2.45, 2.75) is 150 Å². The van der Waals surface area contributed by atoms with Crippen molar-refractivity contribution < 1.29 is 0 Å². The van der Waals surface area contributed by atoms with Crippen LogP contribution in [0.5, 0.6) is 0 Å². The van der Waals surface area contributed by atoms with E-state index < -0.39 is 0 Å². The third kappa shape index (κ3) is 9.83. The molecular formula is C71H81N5. The number of fused-ring (bicyclic) bond motifs is 4. The highest BCUT2D eigenvalue weighted by Crippen LogP contribution is 2.48. The van der Waals surface area contributed by atoms with E-state index in [2.05, 4.69) is 301 Å². The number of aromatic nitrogens is 2. The van der Waals surface area contributed by atoms with Gasteiger partial charge in [-0.15, -0.1) is 0 Å². The first-order chi connectivity index (χ1) is 35.6. The second-order valence-corrected chi connectivity index (χ2v) is 27.3. The van der Waals surface area contributed by atoms with E-state index in [1.807, 2.05) is 6.20 Å². The maximum absolute atomic E-state index is 5.24. The summed E-state index contributed by atoms with van der Waals surface area (Å²) in [6.45, 7) is 40.2. The number of hydrogen-bond donors (Lipinski definition) is 0. The SMILES string of the molecule is CC(C)(C)c1cc(N2CN(c3cccc(N(c4ccccc4)c4ccc5c6cc(C(C)(C)C)ccc6n(-c6cc(C(C)(C)c7cc(C(C)(C)C)cc(C(C)(C)C)c7)ccn6)c5c4)c3)c3ccccc32)cc(C(C)(C)C)c1. The van der Waals surface area contributed by atoms with Crippen molar-refractivity contribution >= 4 is 61.6 Å². The quantitative estimate of drug-likeness (QED) is 0.152. The van der Waals surface area contributed by atoms with E-state index in [0.29, 0.717) is 6.67 Å². The Morgan fingerprint density at radius 2 is 0.868 bits per heavy atom. The van der Waals surface area contributed by atoms with E-state index >= 15 is 0 Å². The van der Waals surface area contributed by atoms with Gasteiger partial charge in [-0.3, -0.25) is 4.57 Å². The molecule has 7 aromatic carbocycles. The minimum absolute atomic E-state index is 0.00422. The van der Waals surface area contributed by atoms with Crippen LogP contribution >= 0.6 is 0 Å². The second kappa shape index (κ2) is 18.6. The predicted molar refractivity (Wildman–Crippen MR) is 327 cm³/mol. The third-order valence-corrected chi connectivity index (χ3v) is 16.1. The van der Waals surface area contributed by atoms with Crippen LogP contribution < -0.4 is 14.7 Å². The van der Waals surface area contributed by atoms with E-state index in [1.54, 1.807) is 0 Å². The van der Waals surface area contributed by atoms with Crippen LogP contribution in [0.2, 0.25) is 0 Å². The van der Waals surface area contributed by atoms with Gasteiger partial charge in [0.05, 0.1) is 22.4 Å². The fraction of sp³-hybridized carbons (Fsp3) is 0.338. The average molecular weight is 1000 g/mol. The Morgan fingerprint density at radius 1 is 0.355 bits per heavy atom. The number of rotatable bonds is 8. The molecule has 0 spiro atoms. The highest BCUT2D eigenvalue weighted by atomic mass is 15.4. The molecule has 9 aromatic rings. The zero-order valence-corrected chi connectivity index (χ0v) is 48.6. The first-order valence-electron chi connectivity index (χ1n) is 27.5. The van der Waals surface area contributed by atoms with Gasteiger partial charge in [-0.05, 0) is 157 Å². The molecule has 390 valence electrons. The van der Waals surface area contributed by atoms with Crippen molar-refractivity contribution in [3.63, 3.8) is 0 Å². The smallest absolute Gasteiger partial charge is 0.137 e. The fourth-order valence-corrected chi connectivity index (χ4v) is 10.9. The Labute approximate surface area is 455 Å². The third-order valence-electron chi connectivity index (χ3n) is 16.1. The van der Waals surface area contributed by atoms with Crippen LogP contribution in [0, 0.1) is 0 Å². The summed E-state index contributed by atoms with van der Waals surface area (Å²) in [6, 6.07) is 61.9. The number of benzene rings is 7. The van der Waals surface area contributed by atoms with E-state index in [-0.39, 0.29) is 32.5 Å². The van der Waals surface area contributed by atoms with Gasteiger partial charge in [-0.2, -0.15) is 0 Å². The lowest BCUT2D eigenvalue weighted by Crippen LogP contribution is -2.25. The monoisotopic (exact) mass is 1000 g/mol. The van der Waals surface area contributed by atoms with E-state index in [4.69, 9.17) is 4.98 Å². The number of hydrogen-bond acceptors (Lipinski definition) is 4. The van der Waals surface area contributed by atoms with Crippen molar-refractivity contribution in [3.8, 4) is 5.82 Å². The second-order valence-electron chi connectivity index (χ2n) is 27.3. The molecule has 0 saturated carbocycles. The Hall–Kier alpha value is -7.11. The van der Waals surface area contributed by atoms with Crippen LogP contribution in [0.15, 0.2) is 170 Å². The molecule has 0 unspecified atom stereocenters. The van der Waals surface area contributed by atoms with Crippen molar-refractivity contribution in [3.05, 3.63) is 209 Å². The molecule has 0 amide bonds. The van der Waals surface area contributed by atoms with Crippen molar-refractivity contribution in [2.75, 3.05) is 21.4 Å². The normalized spacial score (nSPS) is 13.8. The zero-order chi connectivity index (χ0) is 54.5. The molecule has 5 nitrogen and oxygen atoms in total. The summed E-state index contributed by atoms with van der Waals surface area (Å²) in [4.78, 5) is 12.6. The number of nitrogens with zero attached hydrogens (tertiary/aromatic N) is 5. The largest absolute Gasteiger partial charge is 0.321 e. The molecule has 0 N–H and O–H groups in total. The van der Waals surface area contributed by atoms with Crippen LogP contribution in [0.1, 0.15) is 157 Å². The summed E-state index contributed by atoms with van der Waals surface area (Å²) in [7, 11) is 0. The molecule has 0 aliphatic carbocycles. The first kappa shape index (κ1) is 52.3. The topological polar surface area (TPSA) is 27.5 Å². The summed E-state index contributed by atoms with van der Waals surface area (Å²) in [5, 5.41) is 2.42. The van der Waals surface area contributed by atoms with E-state index in [0.717, 1.165) is 39.6 Å². The summed E-state index contributed by atoms with van der Waals surface area (Å²) in [5.74, 6) is 0.905. The van der Waals surface area contributed by atoms with Gasteiger partial charge in [0.1, 0.15) is 12.5 Å². The van der Waals surface area contributed by atoms with Crippen molar-refractivity contribution in [1.29, 1.82) is 0 Å². The molecule has 10 rings (SSSR count). The molecule has 0 saturated heterocycles. The molecule has 3 heterocycles. The van der Waals surface area contributed by atoms with Crippen molar-refractivity contribution in [2.24, 2.45) is 0 Å². The highest BCUT2D eigenvalue weighted by molar-refractivity contribution is 6.10. The zero-order valence-electron chi connectivity index (χ0n) is 48.6. The summed E-state index contributed by atoms with van der Waals surface area (Å²) in [5.41, 5.74) is 19.2. The molecule has 2 aromatic heterocycles. The molecule has 76 heavy (non-hydrogen) atoms. The van der Waals surface area contributed by atoms with E-state index in [1.165, 1.54) is 66.8 Å². The first-order valence-corrected chi connectivity index (χ1v) is 27.5. The van der Waals surface area contributed by atoms with Crippen LogP contribution in [0.3, 0.4) is 0 Å². The maximum atomic E-state index is 5.24. The van der Waals surface area contributed by atoms with Gasteiger partial charge in [0.2, 0.25) is 0 Å². The lowest BCUT2D eigenvalue weighted by atomic mass is 9.72. The number of anilines is 7. The lowest BCUT2D eigenvalue weighted by Gasteiger charge is -2.32. The van der Waals surface area contributed by atoms with Crippen LogP contribution in [-0.4, -0.2) is 16.2 Å². The molecule has 1 aliphatic rings. The Morgan fingerprint density at radius 3 is 1.45 bits per heavy atom. The van der Waals surface area contributed by atoms with Gasteiger partial charge in [0.25, 0.3) is 0 Å². The standard InChI is InChI=1S/C71H81N5/c1-66(2,3)47-30-33-61-60(42-47)59-32-31-57(45-64(59)76(61)65-43-48(34-35-72-65)71(16,17)53-38-49(67(4,5)6)36-50(39-53)68(7,8)9)75(54-24-19-18-20-25-54)56-27-23-26-55(44-56)73-46-74(63-29-22-21-28-62(63)73)58-40-51(69(10,11)12)37-52(41-58)70(13,14)15/h18-45H,46H2,1-17H3.